The Hall–Kier alpha value is -2.40. The summed E-state index contributed by atoms with van der Waals surface area (Å²) >= 11 is 0. The Labute approximate surface area is 174 Å². The zero-order chi connectivity index (χ0) is 20.6. The van der Waals surface area contributed by atoms with Crippen LogP contribution in [0.1, 0.15) is 53.0 Å². The number of fused-ring (bicyclic) bond motifs is 1. The summed E-state index contributed by atoms with van der Waals surface area (Å²) in [5, 5.41) is 7.01. The molecule has 0 unspecified atom stereocenters. The highest BCUT2D eigenvalue weighted by atomic mass is 15.1. The number of nitrogens with one attached hydrogen (secondary N) is 2. The Morgan fingerprint density at radius 2 is 1.86 bits per heavy atom. The van der Waals surface area contributed by atoms with Crippen molar-refractivity contribution in [2.24, 2.45) is 5.41 Å². The molecular formula is C24H33N5. The van der Waals surface area contributed by atoms with E-state index in [-0.39, 0.29) is 5.41 Å². The SMILES string of the molecule is CC.CC(C)(C)c1ccc2ncc(-c3cccc(NC4CC5(CNC5)C4)n3)n2c1. The molecule has 1 saturated heterocycles. The van der Waals surface area contributed by atoms with Crippen LogP contribution in [0, 0.1) is 5.41 Å². The maximum atomic E-state index is 4.88. The predicted molar refractivity (Wildman–Crippen MR) is 120 cm³/mol. The minimum atomic E-state index is 0.100. The molecule has 5 nitrogen and oxygen atoms in total. The van der Waals surface area contributed by atoms with Crippen molar-refractivity contribution in [3.05, 3.63) is 48.3 Å². The average Bonchev–Trinajstić information content (AvgIpc) is 3.07. The first-order valence-corrected chi connectivity index (χ1v) is 10.8. The number of imidazole rings is 1. The van der Waals surface area contributed by atoms with E-state index in [1.54, 1.807) is 0 Å². The predicted octanol–water partition coefficient (Wildman–Crippen LogP) is 4.88. The third-order valence-electron chi connectivity index (χ3n) is 6.09. The first-order chi connectivity index (χ1) is 13.9. The number of pyridine rings is 2. The molecular weight excluding hydrogens is 358 g/mol. The second kappa shape index (κ2) is 7.45. The van der Waals surface area contributed by atoms with E-state index in [0.717, 1.165) is 22.9 Å². The van der Waals surface area contributed by atoms with E-state index in [4.69, 9.17) is 4.98 Å². The van der Waals surface area contributed by atoms with Gasteiger partial charge in [0, 0.05) is 25.3 Å². The molecule has 3 aromatic heterocycles. The fourth-order valence-corrected chi connectivity index (χ4v) is 4.34. The van der Waals surface area contributed by atoms with Gasteiger partial charge in [-0.15, -0.1) is 0 Å². The molecule has 0 atom stereocenters. The van der Waals surface area contributed by atoms with Crippen molar-refractivity contribution in [2.75, 3.05) is 18.4 Å². The first kappa shape index (κ1) is 19.9. The lowest BCUT2D eigenvalue weighted by Crippen LogP contribution is -2.63. The van der Waals surface area contributed by atoms with Crippen LogP contribution in [0.15, 0.2) is 42.7 Å². The van der Waals surface area contributed by atoms with Gasteiger partial charge in [0.05, 0.1) is 17.6 Å². The number of aromatic nitrogens is 3. The van der Waals surface area contributed by atoms with Crippen LogP contribution in [0.3, 0.4) is 0 Å². The molecule has 0 bridgehead atoms. The molecule has 0 radical (unpaired) electrons. The Kier molecular flexibility index (Phi) is 5.11. The molecule has 2 fully saturated rings. The van der Waals surface area contributed by atoms with Crippen molar-refractivity contribution in [2.45, 2.75) is 58.9 Å². The second-order valence-electron chi connectivity index (χ2n) is 9.30. The normalized spacial score (nSPS) is 18.0. The molecule has 1 aliphatic heterocycles. The number of anilines is 1. The minimum absolute atomic E-state index is 0.100. The summed E-state index contributed by atoms with van der Waals surface area (Å²) in [6, 6.07) is 11.0. The summed E-state index contributed by atoms with van der Waals surface area (Å²) in [6.45, 7) is 13.1. The molecule has 1 saturated carbocycles. The smallest absolute Gasteiger partial charge is 0.137 e. The number of nitrogens with zero attached hydrogens (tertiary/aromatic N) is 3. The molecule has 4 heterocycles. The maximum Gasteiger partial charge on any atom is 0.137 e. The van der Waals surface area contributed by atoms with Crippen LogP contribution in [0.5, 0.6) is 0 Å². The zero-order valence-electron chi connectivity index (χ0n) is 18.3. The van der Waals surface area contributed by atoms with Gasteiger partial charge in [0.1, 0.15) is 11.5 Å². The molecule has 5 heteroatoms. The summed E-state index contributed by atoms with van der Waals surface area (Å²) in [7, 11) is 0. The second-order valence-corrected chi connectivity index (χ2v) is 9.30. The van der Waals surface area contributed by atoms with E-state index in [2.05, 4.69) is 77.3 Å². The van der Waals surface area contributed by atoms with Gasteiger partial charge in [-0.3, -0.25) is 4.40 Å². The van der Waals surface area contributed by atoms with Crippen LogP contribution in [0.25, 0.3) is 17.0 Å². The third-order valence-corrected chi connectivity index (χ3v) is 6.09. The van der Waals surface area contributed by atoms with E-state index in [0.29, 0.717) is 11.5 Å². The summed E-state index contributed by atoms with van der Waals surface area (Å²) < 4.78 is 2.16. The van der Waals surface area contributed by atoms with Gasteiger partial charge < -0.3 is 10.6 Å². The standard InChI is InChI=1S/C22H27N5.C2H6/c1-21(2,3)15-7-8-20-24-11-18(27(20)12-15)17-5-4-6-19(26-17)25-16-9-22(10-16)13-23-14-22;1-2/h4-8,11-12,16,23H,9-10,13-14H2,1-3H3,(H,25,26);1-2H3. The van der Waals surface area contributed by atoms with E-state index >= 15 is 0 Å². The lowest BCUT2D eigenvalue weighted by Gasteiger charge is -2.54. The fourth-order valence-electron chi connectivity index (χ4n) is 4.34. The Morgan fingerprint density at radius 1 is 1.10 bits per heavy atom. The van der Waals surface area contributed by atoms with Crippen molar-refractivity contribution in [3.63, 3.8) is 0 Å². The van der Waals surface area contributed by atoms with Crippen LogP contribution in [-0.2, 0) is 5.41 Å². The highest BCUT2D eigenvalue weighted by Crippen LogP contribution is 2.45. The number of hydrogen-bond acceptors (Lipinski definition) is 4. The molecule has 2 aliphatic rings. The monoisotopic (exact) mass is 391 g/mol. The highest BCUT2D eigenvalue weighted by molar-refractivity contribution is 5.62. The fraction of sp³-hybridized carbons (Fsp3) is 0.500. The largest absolute Gasteiger partial charge is 0.367 e. The van der Waals surface area contributed by atoms with Gasteiger partial charge >= 0.3 is 0 Å². The van der Waals surface area contributed by atoms with Gasteiger partial charge in [-0.05, 0) is 47.4 Å². The van der Waals surface area contributed by atoms with Gasteiger partial charge in [0.2, 0.25) is 0 Å². The third kappa shape index (κ3) is 3.76. The highest BCUT2D eigenvalue weighted by Gasteiger charge is 2.48. The number of rotatable bonds is 3. The molecule has 3 aromatic rings. The van der Waals surface area contributed by atoms with Crippen molar-refractivity contribution >= 4 is 11.5 Å². The van der Waals surface area contributed by atoms with Crippen LogP contribution >= 0.6 is 0 Å². The molecule has 0 amide bonds. The molecule has 29 heavy (non-hydrogen) atoms. The minimum Gasteiger partial charge on any atom is -0.367 e. The summed E-state index contributed by atoms with van der Waals surface area (Å²) in [6.07, 6.45) is 6.61. The van der Waals surface area contributed by atoms with Crippen LogP contribution in [0.2, 0.25) is 0 Å². The molecule has 0 aromatic carbocycles. The average molecular weight is 392 g/mol. The quantitative estimate of drug-likeness (QED) is 0.668. The lowest BCUT2D eigenvalue weighted by atomic mass is 9.62. The van der Waals surface area contributed by atoms with E-state index in [1.807, 2.05) is 20.0 Å². The van der Waals surface area contributed by atoms with Gasteiger partial charge in [-0.25, -0.2) is 9.97 Å². The number of hydrogen-bond donors (Lipinski definition) is 2. The maximum absolute atomic E-state index is 4.88. The Morgan fingerprint density at radius 3 is 2.52 bits per heavy atom. The van der Waals surface area contributed by atoms with Gasteiger partial charge in [-0.2, -0.15) is 0 Å². The summed E-state index contributed by atoms with van der Waals surface area (Å²) in [4.78, 5) is 9.45. The van der Waals surface area contributed by atoms with E-state index in [9.17, 15) is 0 Å². The zero-order valence-corrected chi connectivity index (χ0v) is 18.3. The van der Waals surface area contributed by atoms with Crippen molar-refractivity contribution in [1.29, 1.82) is 0 Å². The van der Waals surface area contributed by atoms with Gasteiger partial charge in [-0.1, -0.05) is 46.8 Å². The molecule has 2 N–H and O–H groups in total. The topological polar surface area (TPSA) is 54.2 Å². The van der Waals surface area contributed by atoms with Crippen molar-refractivity contribution < 1.29 is 0 Å². The van der Waals surface area contributed by atoms with E-state index in [1.165, 1.54) is 31.5 Å². The van der Waals surface area contributed by atoms with Crippen LogP contribution < -0.4 is 10.6 Å². The molecule has 1 spiro atoms. The van der Waals surface area contributed by atoms with Crippen molar-refractivity contribution in [3.8, 4) is 11.4 Å². The van der Waals surface area contributed by atoms with E-state index < -0.39 is 0 Å². The summed E-state index contributed by atoms with van der Waals surface area (Å²) in [5.41, 5.74) is 4.91. The van der Waals surface area contributed by atoms with Gasteiger partial charge in [0.25, 0.3) is 0 Å². The molecule has 1 aliphatic carbocycles. The van der Waals surface area contributed by atoms with Crippen LogP contribution in [-0.4, -0.2) is 33.5 Å². The Balaban J connectivity index is 0.000000994. The lowest BCUT2D eigenvalue weighted by molar-refractivity contribution is 0.0469. The van der Waals surface area contributed by atoms with Crippen LogP contribution in [0.4, 0.5) is 5.82 Å². The van der Waals surface area contributed by atoms with Gasteiger partial charge in [0.15, 0.2) is 0 Å². The Bertz CT molecular complexity index is 986. The van der Waals surface area contributed by atoms with Crippen molar-refractivity contribution in [1.82, 2.24) is 19.7 Å². The summed E-state index contributed by atoms with van der Waals surface area (Å²) in [5.74, 6) is 0.960. The molecule has 154 valence electrons. The molecule has 5 rings (SSSR count). The first-order valence-electron chi connectivity index (χ1n) is 10.8.